The number of anilines is 1. The molecule has 0 aliphatic carbocycles. The van der Waals surface area contributed by atoms with Gasteiger partial charge in [0.25, 0.3) is 0 Å². The summed E-state index contributed by atoms with van der Waals surface area (Å²) in [6.45, 7) is 7.81. The van der Waals surface area contributed by atoms with Gasteiger partial charge in [-0.25, -0.2) is 0 Å². The van der Waals surface area contributed by atoms with E-state index in [9.17, 15) is 0 Å². The zero-order valence-electron chi connectivity index (χ0n) is 16.4. The van der Waals surface area contributed by atoms with Gasteiger partial charge in [0.15, 0.2) is 5.96 Å². The van der Waals surface area contributed by atoms with E-state index in [2.05, 4.69) is 73.4 Å². The summed E-state index contributed by atoms with van der Waals surface area (Å²) in [6.07, 6.45) is 3.80. The van der Waals surface area contributed by atoms with Crippen molar-refractivity contribution in [3.63, 3.8) is 0 Å². The highest BCUT2D eigenvalue weighted by Gasteiger charge is 2.24. The smallest absolute Gasteiger partial charge is 0.191 e. The Bertz CT molecular complexity index is 743. The minimum atomic E-state index is 0. The van der Waals surface area contributed by atoms with Crippen molar-refractivity contribution in [2.24, 2.45) is 4.99 Å². The summed E-state index contributed by atoms with van der Waals surface area (Å²) in [5.41, 5.74) is 2.81. The number of rotatable bonds is 7. The molecule has 27 heavy (non-hydrogen) atoms. The highest BCUT2D eigenvalue weighted by molar-refractivity contribution is 14.0. The molecule has 1 atom stereocenters. The average Bonchev–Trinajstić information content (AvgIpc) is 3.24. The maximum Gasteiger partial charge on any atom is 0.191 e. The van der Waals surface area contributed by atoms with Gasteiger partial charge in [-0.05, 0) is 25.0 Å². The monoisotopic (exact) mass is 483 g/mol. The fraction of sp³-hybridized carbons (Fsp3) is 0.526. The number of halogens is 1. The van der Waals surface area contributed by atoms with Crippen LogP contribution in [0.25, 0.3) is 0 Å². The predicted octanol–water partition coefficient (Wildman–Crippen LogP) is 2.07. The minimum Gasteiger partial charge on any atom is -0.367 e. The highest BCUT2D eigenvalue weighted by atomic mass is 127. The van der Waals surface area contributed by atoms with Crippen molar-refractivity contribution in [1.82, 2.24) is 25.4 Å². The summed E-state index contributed by atoms with van der Waals surface area (Å²) in [5.74, 6) is 1.84. The zero-order valence-corrected chi connectivity index (χ0v) is 18.7. The number of aromatic nitrogens is 3. The highest BCUT2D eigenvalue weighted by Crippen LogP contribution is 2.31. The molecule has 1 unspecified atom stereocenters. The fourth-order valence-corrected chi connectivity index (χ4v) is 3.52. The third-order valence-electron chi connectivity index (χ3n) is 4.87. The first-order chi connectivity index (χ1) is 12.7. The Hall–Kier alpha value is -1.84. The molecule has 0 amide bonds. The zero-order chi connectivity index (χ0) is 18.4. The van der Waals surface area contributed by atoms with Crippen LogP contribution in [0.2, 0.25) is 0 Å². The third kappa shape index (κ3) is 5.33. The molecule has 1 aliphatic heterocycles. The van der Waals surface area contributed by atoms with E-state index < -0.39 is 0 Å². The van der Waals surface area contributed by atoms with Crippen LogP contribution in [0.3, 0.4) is 0 Å². The second-order valence-electron chi connectivity index (χ2n) is 6.60. The molecule has 8 heteroatoms. The van der Waals surface area contributed by atoms with Gasteiger partial charge in [-0.3, -0.25) is 4.99 Å². The Kier molecular flexibility index (Phi) is 8.33. The number of guanidine groups is 1. The lowest BCUT2D eigenvalue weighted by molar-refractivity contribution is 0.626. The van der Waals surface area contributed by atoms with Gasteiger partial charge >= 0.3 is 0 Å². The third-order valence-corrected chi connectivity index (χ3v) is 4.87. The Morgan fingerprint density at radius 1 is 1.22 bits per heavy atom. The van der Waals surface area contributed by atoms with E-state index in [1.807, 2.05) is 0 Å². The van der Waals surface area contributed by atoms with Crippen LogP contribution in [0.5, 0.6) is 0 Å². The van der Waals surface area contributed by atoms with Gasteiger partial charge < -0.3 is 20.1 Å². The van der Waals surface area contributed by atoms with Gasteiger partial charge in [0, 0.05) is 51.4 Å². The average molecular weight is 483 g/mol. The van der Waals surface area contributed by atoms with Crippen LogP contribution >= 0.6 is 24.0 Å². The Labute approximate surface area is 178 Å². The molecule has 3 rings (SSSR count). The Morgan fingerprint density at radius 3 is 2.70 bits per heavy atom. The molecular weight excluding hydrogens is 453 g/mol. The van der Waals surface area contributed by atoms with Crippen LogP contribution in [-0.2, 0) is 19.4 Å². The van der Waals surface area contributed by atoms with Crippen LogP contribution in [0.4, 0.5) is 5.69 Å². The van der Waals surface area contributed by atoms with Gasteiger partial charge in [-0.15, -0.1) is 34.2 Å². The van der Waals surface area contributed by atoms with Crippen molar-refractivity contribution >= 4 is 35.6 Å². The molecule has 2 aromatic rings. The van der Waals surface area contributed by atoms with E-state index in [0.29, 0.717) is 6.04 Å². The molecule has 0 bridgehead atoms. The van der Waals surface area contributed by atoms with E-state index in [-0.39, 0.29) is 24.0 Å². The van der Waals surface area contributed by atoms with Crippen molar-refractivity contribution in [2.45, 2.75) is 39.3 Å². The molecule has 0 saturated heterocycles. The lowest BCUT2D eigenvalue weighted by Gasteiger charge is -2.25. The number of nitrogens with one attached hydrogen (secondary N) is 2. The summed E-state index contributed by atoms with van der Waals surface area (Å²) in [7, 11) is 1.80. The number of benzene rings is 1. The van der Waals surface area contributed by atoms with Gasteiger partial charge in [0.05, 0.1) is 0 Å². The second kappa shape index (κ2) is 10.5. The van der Waals surface area contributed by atoms with Gasteiger partial charge in [-0.1, -0.05) is 25.1 Å². The van der Waals surface area contributed by atoms with Crippen LogP contribution in [0.15, 0.2) is 35.6 Å². The first kappa shape index (κ1) is 21.5. The largest absolute Gasteiger partial charge is 0.367 e. The van der Waals surface area contributed by atoms with Crippen LogP contribution < -0.4 is 15.5 Å². The number of hydrogen-bond donors (Lipinski definition) is 2. The number of para-hydroxylation sites is 1. The van der Waals surface area contributed by atoms with Crippen molar-refractivity contribution in [2.75, 3.05) is 31.6 Å². The molecule has 0 radical (unpaired) electrons. The predicted molar refractivity (Wildman–Crippen MR) is 121 cm³/mol. The van der Waals surface area contributed by atoms with E-state index in [0.717, 1.165) is 50.8 Å². The number of aryl methyl sites for hydroxylation is 1. The Balaban J connectivity index is 0.00000261. The summed E-state index contributed by atoms with van der Waals surface area (Å²) in [5, 5.41) is 14.8. The van der Waals surface area contributed by atoms with E-state index >= 15 is 0 Å². The maximum absolute atomic E-state index is 4.31. The number of aliphatic imine (C=N–C) groups is 1. The number of hydrogen-bond acceptors (Lipinski definition) is 4. The second-order valence-corrected chi connectivity index (χ2v) is 6.60. The molecule has 1 aromatic carbocycles. The SMILES string of the molecule is CCc1nncn1CCNC(=NC)NCCN1c2ccccc2CC1C.I. The normalized spacial score (nSPS) is 16.0. The van der Waals surface area contributed by atoms with Crippen molar-refractivity contribution in [3.8, 4) is 0 Å². The number of nitrogens with zero attached hydrogens (tertiary/aromatic N) is 5. The molecule has 7 nitrogen and oxygen atoms in total. The van der Waals surface area contributed by atoms with Crippen LogP contribution in [0.1, 0.15) is 25.2 Å². The quantitative estimate of drug-likeness (QED) is 0.359. The van der Waals surface area contributed by atoms with Crippen molar-refractivity contribution in [3.05, 3.63) is 42.0 Å². The summed E-state index contributed by atoms with van der Waals surface area (Å²) >= 11 is 0. The minimum absolute atomic E-state index is 0. The van der Waals surface area contributed by atoms with Crippen LogP contribution in [0, 0.1) is 0 Å². The molecular formula is C19H30IN7. The number of fused-ring (bicyclic) bond motifs is 1. The molecule has 0 fully saturated rings. The van der Waals surface area contributed by atoms with Gasteiger partial charge in [0.2, 0.25) is 0 Å². The molecule has 2 heterocycles. The summed E-state index contributed by atoms with van der Waals surface area (Å²) < 4.78 is 2.07. The summed E-state index contributed by atoms with van der Waals surface area (Å²) in [6, 6.07) is 9.24. The molecule has 1 aliphatic rings. The first-order valence-electron chi connectivity index (χ1n) is 9.38. The Morgan fingerprint density at radius 2 is 1.96 bits per heavy atom. The molecule has 2 N–H and O–H groups in total. The van der Waals surface area contributed by atoms with Gasteiger partial charge in [-0.2, -0.15) is 0 Å². The van der Waals surface area contributed by atoms with Crippen molar-refractivity contribution < 1.29 is 0 Å². The lowest BCUT2D eigenvalue weighted by atomic mass is 10.1. The van der Waals surface area contributed by atoms with Crippen molar-refractivity contribution in [1.29, 1.82) is 0 Å². The molecule has 148 valence electrons. The fourth-order valence-electron chi connectivity index (χ4n) is 3.52. The standard InChI is InChI=1S/C19H29N7.HI/c1-4-18-24-23-14-25(18)11-9-21-19(20-3)22-10-12-26-15(2)13-16-7-5-6-8-17(16)26;/h5-8,14-15H,4,9-13H2,1-3H3,(H2,20,21,22);1H. The van der Waals surface area contributed by atoms with E-state index in [4.69, 9.17) is 0 Å². The molecule has 0 saturated carbocycles. The van der Waals surface area contributed by atoms with Gasteiger partial charge in [0.1, 0.15) is 12.2 Å². The maximum atomic E-state index is 4.31. The lowest BCUT2D eigenvalue weighted by Crippen LogP contribution is -2.43. The first-order valence-corrected chi connectivity index (χ1v) is 9.38. The summed E-state index contributed by atoms with van der Waals surface area (Å²) in [4.78, 5) is 6.78. The topological polar surface area (TPSA) is 70.4 Å². The molecule has 0 spiro atoms. The van der Waals surface area contributed by atoms with E-state index in [1.165, 1.54) is 11.3 Å². The molecule has 1 aromatic heterocycles. The van der Waals surface area contributed by atoms with E-state index in [1.54, 1.807) is 13.4 Å². The van der Waals surface area contributed by atoms with Crippen LogP contribution in [-0.4, -0.2) is 53.4 Å².